The van der Waals surface area contributed by atoms with Gasteiger partial charge in [0, 0.05) is 24.2 Å². The average molecular weight is 341 g/mol. The van der Waals surface area contributed by atoms with Gasteiger partial charge in [-0.1, -0.05) is 48.5 Å². The van der Waals surface area contributed by atoms with E-state index in [4.69, 9.17) is 0 Å². The Kier molecular flexibility index (Phi) is 4.69. The smallest absolute Gasteiger partial charge is 0.135 e. The lowest BCUT2D eigenvalue weighted by Gasteiger charge is -2.10. The van der Waals surface area contributed by atoms with Gasteiger partial charge in [0.05, 0.1) is 11.2 Å². The Labute approximate surface area is 152 Å². The van der Waals surface area contributed by atoms with Crippen molar-refractivity contribution in [2.45, 2.75) is 6.42 Å². The van der Waals surface area contributed by atoms with Crippen LogP contribution in [0.4, 0.5) is 17.3 Å². The molecular formula is C21H19N5. The SMILES string of the molecule is c1ccc(CCNc2cc(Nc3cccc4cccnc34)ncn2)cc1. The second-order valence-electron chi connectivity index (χ2n) is 5.96. The third-order valence-corrected chi connectivity index (χ3v) is 4.13. The Morgan fingerprint density at radius 2 is 1.62 bits per heavy atom. The molecule has 0 amide bonds. The summed E-state index contributed by atoms with van der Waals surface area (Å²) >= 11 is 0. The van der Waals surface area contributed by atoms with Crippen molar-refractivity contribution < 1.29 is 0 Å². The Morgan fingerprint density at radius 3 is 2.54 bits per heavy atom. The first-order valence-corrected chi connectivity index (χ1v) is 8.59. The van der Waals surface area contributed by atoms with Crippen LogP contribution in [0.2, 0.25) is 0 Å². The van der Waals surface area contributed by atoms with Crippen LogP contribution in [0.25, 0.3) is 10.9 Å². The lowest BCUT2D eigenvalue weighted by molar-refractivity contribution is 1.000. The summed E-state index contributed by atoms with van der Waals surface area (Å²) in [5, 5.41) is 7.78. The summed E-state index contributed by atoms with van der Waals surface area (Å²) in [6.45, 7) is 0.816. The number of nitrogens with one attached hydrogen (secondary N) is 2. The van der Waals surface area contributed by atoms with Crippen molar-refractivity contribution in [3.8, 4) is 0 Å². The minimum Gasteiger partial charge on any atom is -0.370 e. The summed E-state index contributed by atoms with van der Waals surface area (Å²) < 4.78 is 0. The van der Waals surface area contributed by atoms with E-state index in [1.54, 1.807) is 12.5 Å². The molecule has 2 heterocycles. The lowest BCUT2D eigenvalue weighted by atomic mass is 10.1. The normalized spacial score (nSPS) is 10.6. The van der Waals surface area contributed by atoms with Crippen molar-refractivity contribution >= 4 is 28.2 Å². The third-order valence-electron chi connectivity index (χ3n) is 4.13. The van der Waals surface area contributed by atoms with Crippen LogP contribution in [0.1, 0.15) is 5.56 Å². The fourth-order valence-corrected chi connectivity index (χ4v) is 2.84. The molecule has 4 aromatic rings. The second kappa shape index (κ2) is 7.61. The first-order chi connectivity index (χ1) is 12.9. The minimum absolute atomic E-state index is 0.736. The highest BCUT2D eigenvalue weighted by Gasteiger charge is 2.04. The van der Waals surface area contributed by atoms with E-state index in [2.05, 4.69) is 49.9 Å². The van der Waals surface area contributed by atoms with Crippen molar-refractivity contribution in [3.05, 3.63) is 84.8 Å². The first-order valence-electron chi connectivity index (χ1n) is 8.59. The fourth-order valence-electron chi connectivity index (χ4n) is 2.84. The van der Waals surface area contributed by atoms with E-state index in [-0.39, 0.29) is 0 Å². The molecule has 5 heteroatoms. The van der Waals surface area contributed by atoms with Crippen molar-refractivity contribution in [3.63, 3.8) is 0 Å². The number of pyridine rings is 1. The van der Waals surface area contributed by atoms with Crippen LogP contribution in [0.15, 0.2) is 79.3 Å². The van der Waals surface area contributed by atoms with E-state index < -0.39 is 0 Å². The molecule has 4 rings (SSSR count). The predicted octanol–water partition coefficient (Wildman–Crippen LogP) is 4.42. The maximum atomic E-state index is 4.46. The summed E-state index contributed by atoms with van der Waals surface area (Å²) in [6, 6.07) is 22.3. The van der Waals surface area contributed by atoms with E-state index in [1.165, 1.54) is 5.56 Å². The summed E-state index contributed by atoms with van der Waals surface area (Å²) in [4.78, 5) is 13.1. The fraction of sp³-hybridized carbons (Fsp3) is 0.0952. The van der Waals surface area contributed by atoms with Crippen LogP contribution in [-0.2, 0) is 6.42 Å². The van der Waals surface area contributed by atoms with Crippen LogP contribution in [0.5, 0.6) is 0 Å². The number of hydrogen-bond donors (Lipinski definition) is 2. The summed E-state index contributed by atoms with van der Waals surface area (Å²) in [5.41, 5.74) is 3.15. The van der Waals surface area contributed by atoms with Gasteiger partial charge in [-0.05, 0) is 24.1 Å². The van der Waals surface area contributed by atoms with Gasteiger partial charge in [-0.3, -0.25) is 4.98 Å². The Balaban J connectivity index is 1.45. The second-order valence-corrected chi connectivity index (χ2v) is 5.96. The Bertz CT molecular complexity index is 996. The molecule has 26 heavy (non-hydrogen) atoms. The van der Waals surface area contributed by atoms with Crippen molar-refractivity contribution in [1.82, 2.24) is 15.0 Å². The molecule has 0 unspecified atom stereocenters. The van der Waals surface area contributed by atoms with E-state index in [0.29, 0.717) is 0 Å². The van der Waals surface area contributed by atoms with Gasteiger partial charge in [0.1, 0.15) is 18.0 Å². The number of aromatic nitrogens is 3. The third kappa shape index (κ3) is 3.78. The zero-order valence-electron chi connectivity index (χ0n) is 14.3. The van der Waals surface area contributed by atoms with E-state index >= 15 is 0 Å². The van der Waals surface area contributed by atoms with Crippen molar-refractivity contribution in [2.75, 3.05) is 17.2 Å². The number of rotatable bonds is 6. The minimum atomic E-state index is 0.736. The van der Waals surface area contributed by atoms with Gasteiger partial charge in [0.15, 0.2) is 0 Å². The molecule has 0 saturated carbocycles. The Morgan fingerprint density at radius 1 is 0.769 bits per heavy atom. The molecule has 0 aliphatic carbocycles. The zero-order chi connectivity index (χ0) is 17.6. The number of fused-ring (bicyclic) bond motifs is 1. The molecule has 0 atom stereocenters. The van der Waals surface area contributed by atoms with Gasteiger partial charge in [0.25, 0.3) is 0 Å². The predicted molar refractivity (Wildman–Crippen MR) is 106 cm³/mol. The van der Waals surface area contributed by atoms with Gasteiger partial charge in [-0.15, -0.1) is 0 Å². The van der Waals surface area contributed by atoms with Crippen LogP contribution < -0.4 is 10.6 Å². The molecule has 128 valence electrons. The number of anilines is 3. The Hall–Kier alpha value is -3.47. The molecule has 2 aromatic carbocycles. The highest BCUT2D eigenvalue weighted by Crippen LogP contribution is 2.24. The van der Waals surface area contributed by atoms with Gasteiger partial charge in [0.2, 0.25) is 0 Å². The van der Waals surface area contributed by atoms with Gasteiger partial charge in [-0.25, -0.2) is 9.97 Å². The number of benzene rings is 2. The molecule has 0 aliphatic rings. The van der Waals surface area contributed by atoms with Crippen molar-refractivity contribution in [2.24, 2.45) is 0 Å². The molecule has 0 radical (unpaired) electrons. The van der Waals surface area contributed by atoms with Crippen LogP contribution in [0, 0.1) is 0 Å². The summed E-state index contributed by atoms with van der Waals surface area (Å²) in [6.07, 6.45) is 4.30. The van der Waals surface area contributed by atoms with E-state index in [9.17, 15) is 0 Å². The van der Waals surface area contributed by atoms with Crippen LogP contribution in [-0.4, -0.2) is 21.5 Å². The maximum absolute atomic E-state index is 4.46. The molecule has 5 nitrogen and oxygen atoms in total. The highest BCUT2D eigenvalue weighted by molar-refractivity contribution is 5.91. The van der Waals surface area contributed by atoms with Crippen LogP contribution in [0.3, 0.4) is 0 Å². The highest BCUT2D eigenvalue weighted by atomic mass is 15.1. The maximum Gasteiger partial charge on any atom is 0.135 e. The number of hydrogen-bond acceptors (Lipinski definition) is 5. The lowest BCUT2D eigenvalue weighted by Crippen LogP contribution is -2.07. The largest absolute Gasteiger partial charge is 0.370 e. The molecule has 0 spiro atoms. The van der Waals surface area contributed by atoms with Gasteiger partial charge < -0.3 is 10.6 Å². The topological polar surface area (TPSA) is 62.7 Å². The van der Waals surface area contributed by atoms with Gasteiger partial charge in [-0.2, -0.15) is 0 Å². The van der Waals surface area contributed by atoms with Crippen molar-refractivity contribution in [1.29, 1.82) is 0 Å². The van der Waals surface area contributed by atoms with E-state index in [0.717, 1.165) is 41.2 Å². The quantitative estimate of drug-likeness (QED) is 0.543. The van der Waals surface area contributed by atoms with Gasteiger partial charge >= 0.3 is 0 Å². The molecule has 2 N–H and O–H groups in total. The standard InChI is InChI=1S/C21H19N5/c1-2-6-16(7-3-1)11-13-22-19-14-20(25-15-24-19)26-18-10-4-8-17-9-5-12-23-21(17)18/h1-10,12,14-15H,11,13H2,(H2,22,24,25,26). The molecule has 0 aliphatic heterocycles. The first kappa shape index (κ1) is 16.0. The molecule has 2 aromatic heterocycles. The summed E-state index contributed by atoms with van der Waals surface area (Å²) in [5.74, 6) is 1.53. The van der Waals surface area contributed by atoms with E-state index in [1.807, 2.05) is 42.5 Å². The molecule has 0 fully saturated rings. The summed E-state index contributed by atoms with van der Waals surface area (Å²) in [7, 11) is 0. The zero-order valence-corrected chi connectivity index (χ0v) is 14.3. The number of nitrogens with zero attached hydrogens (tertiary/aromatic N) is 3. The molecule has 0 bridgehead atoms. The van der Waals surface area contributed by atoms with Crippen LogP contribution >= 0.6 is 0 Å². The monoisotopic (exact) mass is 341 g/mol. The average Bonchev–Trinajstić information content (AvgIpc) is 2.70. The molecular weight excluding hydrogens is 322 g/mol. The number of para-hydroxylation sites is 1. The molecule has 0 saturated heterocycles.